The smallest absolute Gasteiger partial charge is 0.304 e. The summed E-state index contributed by atoms with van der Waals surface area (Å²) in [6, 6.07) is 16.3. The van der Waals surface area contributed by atoms with Crippen molar-refractivity contribution in [1.29, 1.82) is 0 Å². The molecule has 0 bridgehead atoms. The Morgan fingerprint density at radius 3 is 2.50 bits per heavy atom. The van der Waals surface area contributed by atoms with Gasteiger partial charge >= 0.3 is 5.97 Å². The van der Waals surface area contributed by atoms with Gasteiger partial charge in [-0.25, -0.2) is 0 Å². The molecule has 0 unspecified atom stereocenters. The summed E-state index contributed by atoms with van der Waals surface area (Å²) in [7, 11) is 3.57. The quantitative estimate of drug-likeness (QED) is 0.852. The fourth-order valence-corrected chi connectivity index (χ4v) is 2.37. The van der Waals surface area contributed by atoms with Gasteiger partial charge in [0.05, 0.1) is 13.5 Å². The van der Waals surface area contributed by atoms with Gasteiger partial charge in [-0.05, 0) is 30.3 Å². The number of ether oxygens (including phenoxy) is 1. The van der Waals surface area contributed by atoms with E-state index in [-0.39, 0.29) is 6.42 Å². The Morgan fingerprint density at radius 1 is 1.14 bits per heavy atom. The lowest BCUT2D eigenvalue weighted by Gasteiger charge is -2.18. The van der Waals surface area contributed by atoms with Crippen LogP contribution in [0.4, 0.5) is 0 Å². The van der Waals surface area contributed by atoms with Gasteiger partial charge in [-0.3, -0.25) is 4.79 Å². The van der Waals surface area contributed by atoms with Gasteiger partial charge in [0.15, 0.2) is 0 Å². The molecule has 0 aliphatic rings. The van der Waals surface area contributed by atoms with Crippen molar-refractivity contribution >= 4 is 5.97 Å². The molecule has 2 aromatic carbocycles. The molecule has 0 aliphatic carbocycles. The summed E-state index contributed by atoms with van der Waals surface area (Å²) >= 11 is 0. The van der Waals surface area contributed by atoms with E-state index in [1.165, 1.54) is 0 Å². The minimum atomic E-state index is -0.781. The van der Waals surface area contributed by atoms with Crippen LogP contribution in [-0.4, -0.2) is 36.7 Å². The first kappa shape index (κ1) is 16.0. The van der Waals surface area contributed by atoms with E-state index < -0.39 is 5.97 Å². The van der Waals surface area contributed by atoms with E-state index in [4.69, 9.17) is 9.84 Å². The van der Waals surface area contributed by atoms with Crippen molar-refractivity contribution in [3.63, 3.8) is 0 Å². The third-order valence-electron chi connectivity index (χ3n) is 3.54. The van der Waals surface area contributed by atoms with Gasteiger partial charge in [0.25, 0.3) is 0 Å². The largest absolute Gasteiger partial charge is 0.496 e. The molecule has 4 heteroatoms. The highest BCUT2D eigenvalue weighted by Gasteiger charge is 2.10. The number of carboxylic acid groups (broad SMARTS) is 1. The molecule has 0 fully saturated rings. The molecule has 22 heavy (non-hydrogen) atoms. The molecule has 0 spiro atoms. The van der Waals surface area contributed by atoms with Crippen molar-refractivity contribution in [2.45, 2.75) is 13.0 Å². The average molecular weight is 299 g/mol. The number of hydrogen-bond acceptors (Lipinski definition) is 3. The highest BCUT2D eigenvalue weighted by molar-refractivity contribution is 5.67. The van der Waals surface area contributed by atoms with Crippen LogP contribution >= 0.6 is 0 Å². The molecule has 2 rings (SSSR count). The number of hydrogen-bond donors (Lipinski definition) is 1. The van der Waals surface area contributed by atoms with Crippen molar-refractivity contribution in [3.05, 3.63) is 54.1 Å². The molecule has 0 aromatic heterocycles. The first-order valence-electron chi connectivity index (χ1n) is 7.23. The van der Waals surface area contributed by atoms with Gasteiger partial charge in [-0.1, -0.05) is 36.4 Å². The van der Waals surface area contributed by atoms with E-state index in [1.807, 2.05) is 42.3 Å². The molecule has 116 valence electrons. The molecule has 0 amide bonds. The molecule has 0 atom stereocenters. The number of methoxy groups -OCH3 is 1. The summed E-state index contributed by atoms with van der Waals surface area (Å²) < 4.78 is 5.42. The second-order valence-electron chi connectivity index (χ2n) is 5.27. The molecule has 1 N–H and O–H groups in total. The van der Waals surface area contributed by atoms with Gasteiger partial charge in [0.1, 0.15) is 5.75 Å². The van der Waals surface area contributed by atoms with E-state index in [2.05, 4.69) is 18.2 Å². The number of benzene rings is 2. The van der Waals surface area contributed by atoms with Crippen LogP contribution in [0.5, 0.6) is 5.75 Å². The summed E-state index contributed by atoms with van der Waals surface area (Å²) in [4.78, 5) is 12.7. The highest BCUT2D eigenvalue weighted by Crippen LogP contribution is 2.27. The van der Waals surface area contributed by atoms with E-state index in [0.29, 0.717) is 13.1 Å². The van der Waals surface area contributed by atoms with E-state index in [9.17, 15) is 4.79 Å². The van der Waals surface area contributed by atoms with Crippen LogP contribution < -0.4 is 4.74 Å². The molecule has 4 nitrogen and oxygen atoms in total. The highest BCUT2D eigenvalue weighted by atomic mass is 16.5. The lowest BCUT2D eigenvalue weighted by Crippen LogP contribution is -2.21. The lowest BCUT2D eigenvalue weighted by atomic mass is 10.0. The van der Waals surface area contributed by atoms with Crippen LogP contribution in [0, 0.1) is 0 Å². The van der Waals surface area contributed by atoms with Crippen molar-refractivity contribution in [3.8, 4) is 16.9 Å². The maximum absolute atomic E-state index is 10.7. The molecule has 2 aromatic rings. The Bertz CT molecular complexity index is 625. The topological polar surface area (TPSA) is 49.8 Å². The van der Waals surface area contributed by atoms with E-state index in [1.54, 1.807) is 7.11 Å². The minimum absolute atomic E-state index is 0.136. The summed E-state index contributed by atoms with van der Waals surface area (Å²) in [5, 5.41) is 8.77. The van der Waals surface area contributed by atoms with Crippen LogP contribution in [0.2, 0.25) is 0 Å². The molecule has 0 saturated heterocycles. The minimum Gasteiger partial charge on any atom is -0.496 e. The Labute approximate surface area is 131 Å². The monoisotopic (exact) mass is 299 g/mol. The molecule has 0 heterocycles. The maximum atomic E-state index is 10.7. The van der Waals surface area contributed by atoms with Gasteiger partial charge in [0, 0.05) is 18.7 Å². The fourth-order valence-electron chi connectivity index (χ4n) is 2.37. The summed E-state index contributed by atoms with van der Waals surface area (Å²) in [6.45, 7) is 1.16. The predicted octanol–water partition coefficient (Wildman–Crippen LogP) is 3.27. The Hall–Kier alpha value is -2.33. The van der Waals surface area contributed by atoms with Crippen molar-refractivity contribution < 1.29 is 14.6 Å². The second-order valence-corrected chi connectivity index (χ2v) is 5.27. The van der Waals surface area contributed by atoms with Crippen LogP contribution in [0.25, 0.3) is 11.1 Å². The van der Waals surface area contributed by atoms with E-state index in [0.717, 1.165) is 22.4 Å². The second kappa shape index (κ2) is 7.61. The average Bonchev–Trinajstić information content (AvgIpc) is 2.53. The number of carbonyl (C=O) groups is 1. The normalized spacial score (nSPS) is 10.7. The Morgan fingerprint density at radius 2 is 1.86 bits per heavy atom. The van der Waals surface area contributed by atoms with Crippen LogP contribution in [0.15, 0.2) is 48.5 Å². The Balaban J connectivity index is 2.19. The lowest BCUT2D eigenvalue weighted by molar-refractivity contribution is -0.137. The zero-order chi connectivity index (χ0) is 15.9. The number of nitrogens with zero attached hydrogens (tertiary/aromatic N) is 1. The number of aliphatic carboxylic acids is 1. The first-order valence-corrected chi connectivity index (χ1v) is 7.23. The molecular weight excluding hydrogens is 278 g/mol. The van der Waals surface area contributed by atoms with Crippen LogP contribution in [-0.2, 0) is 11.3 Å². The summed E-state index contributed by atoms with van der Waals surface area (Å²) in [5.74, 6) is 0.0405. The SMILES string of the molecule is COc1ccc(-c2ccccc2)cc1CN(C)CCC(=O)O. The summed E-state index contributed by atoms with van der Waals surface area (Å²) in [5.41, 5.74) is 3.33. The van der Waals surface area contributed by atoms with Crippen molar-refractivity contribution in [2.24, 2.45) is 0 Å². The molecule has 0 radical (unpaired) electrons. The zero-order valence-corrected chi connectivity index (χ0v) is 13.0. The maximum Gasteiger partial charge on any atom is 0.304 e. The van der Waals surface area contributed by atoms with Gasteiger partial charge in [-0.15, -0.1) is 0 Å². The first-order chi connectivity index (χ1) is 10.6. The van der Waals surface area contributed by atoms with Gasteiger partial charge in [0.2, 0.25) is 0 Å². The van der Waals surface area contributed by atoms with Gasteiger partial charge < -0.3 is 14.7 Å². The fraction of sp³-hybridized carbons (Fsp3) is 0.278. The van der Waals surface area contributed by atoms with Crippen molar-refractivity contribution in [1.82, 2.24) is 4.90 Å². The molecule has 0 aliphatic heterocycles. The molecular formula is C18H21NO3. The zero-order valence-electron chi connectivity index (χ0n) is 13.0. The number of rotatable bonds is 7. The van der Waals surface area contributed by atoms with E-state index >= 15 is 0 Å². The van der Waals surface area contributed by atoms with Crippen LogP contribution in [0.3, 0.4) is 0 Å². The predicted molar refractivity (Wildman–Crippen MR) is 87.0 cm³/mol. The van der Waals surface area contributed by atoms with Crippen LogP contribution in [0.1, 0.15) is 12.0 Å². The number of carboxylic acids is 1. The standard InChI is InChI=1S/C18H21NO3/c1-19(11-10-18(20)21)13-16-12-15(8-9-17(16)22-2)14-6-4-3-5-7-14/h3-9,12H,10-11,13H2,1-2H3,(H,20,21). The van der Waals surface area contributed by atoms with Gasteiger partial charge in [-0.2, -0.15) is 0 Å². The Kier molecular flexibility index (Phi) is 5.55. The third kappa shape index (κ3) is 4.33. The molecule has 0 saturated carbocycles. The third-order valence-corrected chi connectivity index (χ3v) is 3.54. The summed E-state index contributed by atoms with van der Waals surface area (Å²) in [6.07, 6.45) is 0.136. The van der Waals surface area contributed by atoms with Crippen molar-refractivity contribution in [2.75, 3.05) is 20.7 Å².